The number of hydrogen-bond acceptors (Lipinski definition) is 8. The third kappa shape index (κ3) is 2.82. The Bertz CT molecular complexity index is 1190. The average molecular weight is 412 g/mol. The molecule has 0 fully saturated rings. The van der Waals surface area contributed by atoms with Crippen molar-refractivity contribution >= 4 is 33.3 Å². The summed E-state index contributed by atoms with van der Waals surface area (Å²) in [6.07, 6.45) is 1.30. The first kappa shape index (κ1) is 17.4. The summed E-state index contributed by atoms with van der Waals surface area (Å²) in [5.74, 6) is 2.19. The topological polar surface area (TPSA) is 75.0 Å². The van der Waals surface area contributed by atoms with Gasteiger partial charge in [0.1, 0.15) is 22.8 Å². The highest BCUT2D eigenvalue weighted by atomic mass is 32.2. The molecule has 0 unspecified atom stereocenters. The van der Waals surface area contributed by atoms with Crippen LogP contribution in [0.15, 0.2) is 40.8 Å². The summed E-state index contributed by atoms with van der Waals surface area (Å²) in [5.41, 5.74) is 1.21. The van der Waals surface area contributed by atoms with E-state index in [1.54, 1.807) is 17.7 Å². The molecule has 142 valence electrons. The van der Waals surface area contributed by atoms with Gasteiger partial charge in [-0.3, -0.25) is 0 Å². The average Bonchev–Trinajstić information content (AvgIpc) is 3.21. The first-order valence-corrected chi connectivity index (χ1v) is 10.4. The minimum Gasteiger partial charge on any atom is -0.485 e. The molecule has 4 aromatic rings. The van der Waals surface area contributed by atoms with Crippen LogP contribution in [-0.2, 0) is 7.05 Å². The fourth-order valence-electron chi connectivity index (χ4n) is 3.16. The smallest absolute Gasteiger partial charge is 0.197 e. The summed E-state index contributed by atoms with van der Waals surface area (Å²) in [4.78, 5) is 11.1. The lowest BCUT2D eigenvalue weighted by Crippen LogP contribution is -2.24. The Labute approximate surface area is 169 Å². The Kier molecular flexibility index (Phi) is 4.21. The zero-order valence-electron chi connectivity index (χ0n) is 15.5. The van der Waals surface area contributed by atoms with Crippen molar-refractivity contribution in [2.45, 2.75) is 30.1 Å². The van der Waals surface area contributed by atoms with E-state index in [0.717, 1.165) is 37.7 Å². The Morgan fingerprint density at radius 2 is 1.96 bits per heavy atom. The molecule has 5 rings (SSSR count). The zero-order valence-corrected chi connectivity index (χ0v) is 17.2. The van der Waals surface area contributed by atoms with Gasteiger partial charge in [0.15, 0.2) is 28.6 Å². The van der Waals surface area contributed by atoms with Crippen LogP contribution in [0.3, 0.4) is 0 Å². The van der Waals surface area contributed by atoms with Crippen LogP contribution in [0.2, 0.25) is 0 Å². The van der Waals surface area contributed by atoms with E-state index in [0.29, 0.717) is 6.61 Å². The van der Waals surface area contributed by atoms with Crippen LogP contribution in [0.25, 0.3) is 10.2 Å². The van der Waals surface area contributed by atoms with E-state index in [4.69, 9.17) is 9.47 Å². The highest BCUT2D eigenvalue weighted by Crippen LogP contribution is 2.38. The maximum Gasteiger partial charge on any atom is 0.197 e. The van der Waals surface area contributed by atoms with Crippen molar-refractivity contribution in [3.8, 4) is 11.5 Å². The van der Waals surface area contributed by atoms with Gasteiger partial charge in [-0.1, -0.05) is 12.1 Å². The first-order chi connectivity index (χ1) is 13.6. The number of aryl methyl sites for hydroxylation is 2. The molecule has 0 spiro atoms. The van der Waals surface area contributed by atoms with Crippen molar-refractivity contribution in [2.75, 3.05) is 6.61 Å². The summed E-state index contributed by atoms with van der Waals surface area (Å²) in [7, 11) is 1.94. The zero-order chi connectivity index (χ0) is 19.3. The summed E-state index contributed by atoms with van der Waals surface area (Å²) >= 11 is 3.18. The second kappa shape index (κ2) is 6.75. The van der Waals surface area contributed by atoms with Crippen LogP contribution in [0.5, 0.6) is 11.5 Å². The molecule has 0 N–H and O–H groups in total. The molecule has 4 heterocycles. The fraction of sp³-hybridized carbons (Fsp3) is 0.263. The number of rotatable bonds is 3. The third-order valence-corrected chi connectivity index (χ3v) is 6.94. The summed E-state index contributed by atoms with van der Waals surface area (Å²) in [6.45, 7) is 4.61. The van der Waals surface area contributed by atoms with Gasteiger partial charge in [-0.2, -0.15) is 0 Å². The molecule has 9 heteroatoms. The van der Waals surface area contributed by atoms with Gasteiger partial charge in [-0.15, -0.1) is 21.5 Å². The molecule has 28 heavy (non-hydrogen) atoms. The first-order valence-electron chi connectivity index (χ1n) is 8.78. The Morgan fingerprint density at radius 3 is 2.82 bits per heavy atom. The van der Waals surface area contributed by atoms with E-state index in [-0.39, 0.29) is 6.10 Å². The van der Waals surface area contributed by atoms with Gasteiger partial charge in [0.2, 0.25) is 0 Å². The van der Waals surface area contributed by atoms with E-state index in [9.17, 15) is 0 Å². The predicted molar refractivity (Wildman–Crippen MR) is 107 cm³/mol. The molecule has 0 amide bonds. The molecular weight excluding hydrogens is 394 g/mol. The fourth-order valence-corrected chi connectivity index (χ4v) is 5.15. The predicted octanol–water partition coefficient (Wildman–Crippen LogP) is 4.10. The molecule has 1 aromatic carbocycles. The van der Waals surface area contributed by atoms with Gasteiger partial charge in [0.05, 0.1) is 0 Å². The van der Waals surface area contributed by atoms with E-state index < -0.39 is 0 Å². The summed E-state index contributed by atoms with van der Waals surface area (Å²) in [5, 5.41) is 11.5. The van der Waals surface area contributed by atoms with E-state index in [1.165, 1.54) is 22.2 Å². The standard InChI is InChI=1S/C19H17N5O2S2/c1-10-11(2)27-17-15(10)18(21-9-20-17)28-19-23-22-16(24(19)3)14-8-25-12-6-4-5-7-13(12)26-14/h4-7,9,14H,8H2,1-3H3/t14-/m1/s1. The molecule has 0 saturated heterocycles. The number of aromatic nitrogens is 5. The normalized spacial score (nSPS) is 15.9. The van der Waals surface area contributed by atoms with Crippen molar-refractivity contribution in [3.05, 3.63) is 46.9 Å². The van der Waals surface area contributed by atoms with Crippen molar-refractivity contribution in [2.24, 2.45) is 7.05 Å². The van der Waals surface area contributed by atoms with Gasteiger partial charge in [-0.05, 0) is 43.3 Å². The summed E-state index contributed by atoms with van der Waals surface area (Å²) < 4.78 is 13.8. The van der Waals surface area contributed by atoms with Crippen molar-refractivity contribution in [3.63, 3.8) is 0 Å². The highest BCUT2D eigenvalue weighted by molar-refractivity contribution is 7.99. The Morgan fingerprint density at radius 1 is 1.14 bits per heavy atom. The summed E-state index contributed by atoms with van der Waals surface area (Å²) in [6, 6.07) is 7.64. The number of thiophene rings is 1. The number of nitrogens with zero attached hydrogens (tertiary/aromatic N) is 5. The minimum atomic E-state index is -0.308. The molecule has 1 aliphatic heterocycles. The monoisotopic (exact) mass is 411 g/mol. The quantitative estimate of drug-likeness (QED) is 0.470. The SMILES string of the molecule is Cc1sc2ncnc(Sc3nnc([C@H]4COc5ccccc5O4)n3C)c2c1C. The van der Waals surface area contributed by atoms with Gasteiger partial charge >= 0.3 is 0 Å². The van der Waals surface area contributed by atoms with E-state index >= 15 is 0 Å². The molecule has 0 bridgehead atoms. The number of benzene rings is 1. The van der Waals surface area contributed by atoms with Gasteiger partial charge in [0, 0.05) is 17.3 Å². The van der Waals surface area contributed by atoms with Crippen LogP contribution < -0.4 is 9.47 Å². The van der Waals surface area contributed by atoms with Gasteiger partial charge < -0.3 is 14.0 Å². The van der Waals surface area contributed by atoms with Crippen LogP contribution in [0.1, 0.15) is 22.4 Å². The molecule has 1 atom stereocenters. The second-order valence-electron chi connectivity index (χ2n) is 6.51. The molecule has 0 radical (unpaired) electrons. The van der Waals surface area contributed by atoms with Gasteiger partial charge in [-0.25, -0.2) is 9.97 Å². The maximum absolute atomic E-state index is 6.07. The van der Waals surface area contributed by atoms with Crippen LogP contribution in [-0.4, -0.2) is 31.3 Å². The molecule has 0 aliphatic carbocycles. The Hall–Kier alpha value is -2.65. The molecule has 0 saturated carbocycles. The lowest BCUT2D eigenvalue weighted by atomic mass is 10.2. The second-order valence-corrected chi connectivity index (χ2v) is 8.67. The van der Waals surface area contributed by atoms with Crippen LogP contribution in [0, 0.1) is 13.8 Å². The molecular formula is C19H17N5O2S2. The van der Waals surface area contributed by atoms with Crippen molar-refractivity contribution < 1.29 is 9.47 Å². The lowest BCUT2D eigenvalue weighted by molar-refractivity contribution is 0.0825. The number of fused-ring (bicyclic) bond motifs is 2. The molecule has 7 nitrogen and oxygen atoms in total. The molecule has 1 aliphatic rings. The number of para-hydroxylation sites is 2. The number of ether oxygens (including phenoxy) is 2. The van der Waals surface area contributed by atoms with E-state index in [2.05, 4.69) is 34.0 Å². The van der Waals surface area contributed by atoms with Gasteiger partial charge in [0.25, 0.3) is 0 Å². The van der Waals surface area contributed by atoms with Crippen LogP contribution in [0.4, 0.5) is 0 Å². The van der Waals surface area contributed by atoms with Crippen molar-refractivity contribution in [1.29, 1.82) is 0 Å². The minimum absolute atomic E-state index is 0.308. The maximum atomic E-state index is 6.07. The molecule has 3 aromatic heterocycles. The Balaban J connectivity index is 1.46. The highest BCUT2D eigenvalue weighted by Gasteiger charge is 2.28. The largest absolute Gasteiger partial charge is 0.485 e. The van der Waals surface area contributed by atoms with Crippen LogP contribution >= 0.6 is 23.1 Å². The number of hydrogen-bond donors (Lipinski definition) is 0. The van der Waals surface area contributed by atoms with Crippen molar-refractivity contribution in [1.82, 2.24) is 24.7 Å². The van der Waals surface area contributed by atoms with E-state index in [1.807, 2.05) is 35.9 Å². The third-order valence-electron chi connectivity index (χ3n) is 4.78. The lowest BCUT2D eigenvalue weighted by Gasteiger charge is -2.25.